The minimum atomic E-state index is 0.836. The van der Waals surface area contributed by atoms with Gasteiger partial charge in [0.05, 0.1) is 5.39 Å². The van der Waals surface area contributed by atoms with E-state index in [1.807, 2.05) is 0 Å². The van der Waals surface area contributed by atoms with Gasteiger partial charge in [-0.2, -0.15) is 0 Å². The Hall–Kier alpha value is -2.14. The summed E-state index contributed by atoms with van der Waals surface area (Å²) in [7, 11) is 0. The van der Waals surface area contributed by atoms with Crippen LogP contribution in [-0.4, -0.2) is 23.1 Å². The fourth-order valence-corrected chi connectivity index (χ4v) is 3.72. The SMILES string of the molecule is CCc1nc(Nc2ccc(N(CC)CC)cc2)c2cc(C)sc2n1. The molecule has 0 fully saturated rings. The predicted octanol–water partition coefficient (Wildman–Crippen LogP) is 5.15. The second-order valence-corrected chi connectivity index (χ2v) is 7.00. The Balaban J connectivity index is 1.91. The number of anilines is 3. The molecule has 0 radical (unpaired) electrons. The lowest BCUT2D eigenvalue weighted by Crippen LogP contribution is -2.21. The Kier molecular flexibility index (Phi) is 5.00. The number of hydrogen-bond acceptors (Lipinski definition) is 5. The fraction of sp³-hybridized carbons (Fsp3) is 0.368. The van der Waals surface area contributed by atoms with E-state index in [0.717, 1.165) is 47.1 Å². The number of nitrogens with zero attached hydrogens (tertiary/aromatic N) is 3. The van der Waals surface area contributed by atoms with Gasteiger partial charge in [0.2, 0.25) is 0 Å². The molecule has 0 saturated heterocycles. The zero-order chi connectivity index (χ0) is 17.1. The zero-order valence-corrected chi connectivity index (χ0v) is 15.6. The van der Waals surface area contributed by atoms with Crippen LogP contribution in [0.2, 0.25) is 0 Å². The third-order valence-corrected chi connectivity index (χ3v) is 5.08. The molecule has 4 nitrogen and oxygen atoms in total. The fourth-order valence-electron chi connectivity index (χ4n) is 2.82. The highest BCUT2D eigenvalue weighted by Crippen LogP contribution is 2.30. The van der Waals surface area contributed by atoms with Crippen molar-refractivity contribution in [1.82, 2.24) is 9.97 Å². The van der Waals surface area contributed by atoms with E-state index in [0.29, 0.717) is 0 Å². The average Bonchev–Trinajstić information content (AvgIpc) is 2.98. The Morgan fingerprint density at radius 3 is 2.38 bits per heavy atom. The third-order valence-electron chi connectivity index (χ3n) is 4.14. The van der Waals surface area contributed by atoms with E-state index in [4.69, 9.17) is 4.98 Å². The molecule has 3 rings (SSSR count). The molecule has 0 aliphatic carbocycles. The lowest BCUT2D eigenvalue weighted by atomic mass is 10.2. The number of nitrogens with one attached hydrogen (secondary N) is 1. The van der Waals surface area contributed by atoms with E-state index in [9.17, 15) is 0 Å². The van der Waals surface area contributed by atoms with Crippen LogP contribution in [-0.2, 0) is 6.42 Å². The summed E-state index contributed by atoms with van der Waals surface area (Å²) in [5, 5.41) is 4.57. The highest BCUT2D eigenvalue weighted by molar-refractivity contribution is 7.18. The summed E-state index contributed by atoms with van der Waals surface area (Å²) in [4.78, 5) is 14.0. The first kappa shape index (κ1) is 16.7. The van der Waals surface area contributed by atoms with E-state index >= 15 is 0 Å². The highest BCUT2D eigenvalue weighted by atomic mass is 32.1. The molecule has 2 aromatic heterocycles. The molecular weight excluding hydrogens is 316 g/mol. The van der Waals surface area contributed by atoms with E-state index < -0.39 is 0 Å². The van der Waals surface area contributed by atoms with Gasteiger partial charge in [0.25, 0.3) is 0 Å². The second-order valence-electron chi connectivity index (χ2n) is 5.76. The average molecular weight is 340 g/mol. The third kappa shape index (κ3) is 3.36. The monoisotopic (exact) mass is 340 g/mol. The van der Waals surface area contributed by atoms with Crippen molar-refractivity contribution < 1.29 is 0 Å². The largest absolute Gasteiger partial charge is 0.372 e. The van der Waals surface area contributed by atoms with Crippen molar-refractivity contribution in [3.05, 3.63) is 41.0 Å². The van der Waals surface area contributed by atoms with E-state index in [-0.39, 0.29) is 0 Å². The molecule has 0 aliphatic heterocycles. The Bertz CT molecular complexity index is 819. The Morgan fingerprint density at radius 1 is 1.04 bits per heavy atom. The van der Waals surface area contributed by atoms with Gasteiger partial charge in [-0.05, 0) is 51.1 Å². The van der Waals surface area contributed by atoms with E-state index in [1.165, 1.54) is 10.6 Å². The summed E-state index contributed by atoms with van der Waals surface area (Å²) in [6, 6.07) is 10.7. The van der Waals surface area contributed by atoms with Crippen LogP contribution in [0.4, 0.5) is 17.2 Å². The van der Waals surface area contributed by atoms with Crippen molar-refractivity contribution >= 4 is 38.7 Å². The molecule has 0 unspecified atom stereocenters. The summed E-state index contributed by atoms with van der Waals surface area (Å²) in [6.45, 7) is 10.6. The van der Waals surface area contributed by atoms with Crippen LogP contribution >= 0.6 is 11.3 Å². The van der Waals surface area contributed by atoms with Crippen LogP contribution in [0.1, 0.15) is 31.5 Å². The number of fused-ring (bicyclic) bond motifs is 1. The van der Waals surface area contributed by atoms with Gasteiger partial charge in [0.15, 0.2) is 0 Å². The van der Waals surface area contributed by atoms with Gasteiger partial charge in [-0.3, -0.25) is 0 Å². The van der Waals surface area contributed by atoms with Crippen molar-refractivity contribution in [1.29, 1.82) is 0 Å². The first-order valence-corrected chi connectivity index (χ1v) is 9.35. The smallest absolute Gasteiger partial charge is 0.142 e. The van der Waals surface area contributed by atoms with Gasteiger partial charge in [-0.25, -0.2) is 9.97 Å². The van der Waals surface area contributed by atoms with Crippen LogP contribution in [0.3, 0.4) is 0 Å². The van der Waals surface area contributed by atoms with Crippen molar-refractivity contribution in [2.75, 3.05) is 23.3 Å². The maximum Gasteiger partial charge on any atom is 0.142 e. The van der Waals surface area contributed by atoms with Gasteiger partial charge in [0, 0.05) is 35.8 Å². The number of hydrogen-bond donors (Lipinski definition) is 1. The lowest BCUT2D eigenvalue weighted by Gasteiger charge is -2.21. The van der Waals surface area contributed by atoms with E-state index in [1.54, 1.807) is 11.3 Å². The normalized spacial score (nSPS) is 11.0. The molecule has 1 aromatic carbocycles. The minimum absolute atomic E-state index is 0.836. The molecule has 24 heavy (non-hydrogen) atoms. The van der Waals surface area contributed by atoms with Gasteiger partial charge in [0.1, 0.15) is 16.5 Å². The van der Waals surface area contributed by atoms with Crippen molar-refractivity contribution in [2.24, 2.45) is 0 Å². The molecule has 1 N–H and O–H groups in total. The molecule has 0 atom stereocenters. The van der Waals surface area contributed by atoms with E-state index in [2.05, 4.69) is 73.2 Å². The van der Waals surface area contributed by atoms with Crippen molar-refractivity contribution in [3.63, 3.8) is 0 Å². The highest BCUT2D eigenvalue weighted by Gasteiger charge is 2.10. The first-order valence-electron chi connectivity index (χ1n) is 8.53. The molecule has 0 saturated carbocycles. The van der Waals surface area contributed by atoms with Crippen LogP contribution < -0.4 is 10.2 Å². The molecule has 126 valence electrons. The zero-order valence-electron chi connectivity index (χ0n) is 14.8. The summed E-state index contributed by atoms with van der Waals surface area (Å²) < 4.78 is 0. The number of thiophene rings is 1. The minimum Gasteiger partial charge on any atom is -0.372 e. The number of benzene rings is 1. The molecule has 2 heterocycles. The Labute approximate surface area is 147 Å². The van der Waals surface area contributed by atoms with Gasteiger partial charge in [-0.1, -0.05) is 6.92 Å². The summed E-state index contributed by atoms with van der Waals surface area (Å²) in [5.41, 5.74) is 2.30. The topological polar surface area (TPSA) is 41.1 Å². The van der Waals surface area contributed by atoms with Gasteiger partial charge in [-0.15, -0.1) is 11.3 Å². The summed E-state index contributed by atoms with van der Waals surface area (Å²) >= 11 is 1.72. The Morgan fingerprint density at radius 2 is 1.75 bits per heavy atom. The molecule has 0 amide bonds. The van der Waals surface area contributed by atoms with Crippen LogP contribution in [0.15, 0.2) is 30.3 Å². The summed E-state index contributed by atoms with van der Waals surface area (Å²) in [6.07, 6.45) is 0.836. The summed E-state index contributed by atoms with van der Waals surface area (Å²) in [5.74, 6) is 1.78. The van der Waals surface area contributed by atoms with Gasteiger partial charge >= 0.3 is 0 Å². The molecule has 0 spiro atoms. The number of aromatic nitrogens is 2. The predicted molar refractivity (Wildman–Crippen MR) is 105 cm³/mol. The molecular formula is C19H24N4S. The van der Waals surface area contributed by atoms with Crippen molar-refractivity contribution in [3.8, 4) is 0 Å². The maximum absolute atomic E-state index is 4.69. The quantitative estimate of drug-likeness (QED) is 0.673. The molecule has 0 bridgehead atoms. The van der Waals surface area contributed by atoms with Crippen LogP contribution in [0.5, 0.6) is 0 Å². The molecule has 5 heteroatoms. The molecule has 3 aromatic rings. The van der Waals surface area contributed by atoms with Crippen LogP contribution in [0.25, 0.3) is 10.2 Å². The van der Waals surface area contributed by atoms with Crippen molar-refractivity contribution in [2.45, 2.75) is 34.1 Å². The standard InChI is InChI=1S/C19H24N4S/c1-5-17-21-18(16-12-13(4)24-19(16)22-17)20-14-8-10-15(11-9-14)23(6-2)7-3/h8-12H,5-7H2,1-4H3,(H,20,21,22). The lowest BCUT2D eigenvalue weighted by molar-refractivity contribution is 0.866. The number of rotatable bonds is 6. The maximum atomic E-state index is 4.69. The second kappa shape index (κ2) is 7.18. The first-order chi connectivity index (χ1) is 11.6. The molecule has 0 aliphatic rings. The van der Waals surface area contributed by atoms with Gasteiger partial charge < -0.3 is 10.2 Å². The number of aryl methyl sites for hydroxylation is 2. The van der Waals surface area contributed by atoms with Crippen LogP contribution in [0, 0.1) is 6.92 Å².